The summed E-state index contributed by atoms with van der Waals surface area (Å²) in [7, 11) is 0. The normalized spacial score (nSPS) is 14.8. The van der Waals surface area contributed by atoms with E-state index in [0.29, 0.717) is 6.42 Å². The van der Waals surface area contributed by atoms with E-state index < -0.39 is 5.54 Å². The molecule has 0 fully saturated rings. The topological polar surface area (TPSA) is 49.8 Å². The molecule has 0 aliphatic heterocycles. The molecule has 0 amide bonds. The van der Waals surface area contributed by atoms with E-state index >= 15 is 0 Å². The van der Waals surface area contributed by atoms with E-state index in [2.05, 4.69) is 6.07 Å². The van der Waals surface area contributed by atoms with Gasteiger partial charge in [0.1, 0.15) is 0 Å². The van der Waals surface area contributed by atoms with Crippen molar-refractivity contribution in [1.82, 2.24) is 0 Å². The molecule has 0 aliphatic carbocycles. The van der Waals surface area contributed by atoms with E-state index in [1.807, 2.05) is 37.3 Å². The lowest BCUT2D eigenvalue weighted by atomic mass is 9.91. The Hall–Kier alpha value is -1.33. The van der Waals surface area contributed by atoms with E-state index in [9.17, 15) is 0 Å². The second-order valence-corrected chi connectivity index (χ2v) is 3.12. The van der Waals surface area contributed by atoms with Crippen molar-refractivity contribution in [1.29, 1.82) is 5.26 Å². The first-order valence-electron chi connectivity index (χ1n) is 3.88. The van der Waals surface area contributed by atoms with E-state index in [4.69, 9.17) is 11.0 Å². The predicted octanol–water partition coefficient (Wildman–Crippen LogP) is 1.77. The number of hydrogen-bond acceptors (Lipinski definition) is 2. The molecule has 12 heavy (non-hydrogen) atoms. The van der Waals surface area contributed by atoms with Crippen molar-refractivity contribution in [3.8, 4) is 6.07 Å². The van der Waals surface area contributed by atoms with E-state index in [0.717, 1.165) is 5.56 Å². The van der Waals surface area contributed by atoms with Crippen LogP contribution in [-0.2, 0) is 5.54 Å². The van der Waals surface area contributed by atoms with Crippen molar-refractivity contribution < 1.29 is 0 Å². The third-order valence-electron chi connectivity index (χ3n) is 1.88. The summed E-state index contributed by atoms with van der Waals surface area (Å²) in [6, 6.07) is 11.8. The van der Waals surface area contributed by atoms with Crippen molar-refractivity contribution in [3.05, 3.63) is 35.9 Å². The SMILES string of the molecule is C[C@](N)(CC#N)c1ccccc1. The summed E-state index contributed by atoms with van der Waals surface area (Å²) in [5.41, 5.74) is 6.41. The van der Waals surface area contributed by atoms with Crippen LogP contribution in [0, 0.1) is 11.3 Å². The fraction of sp³-hybridized carbons (Fsp3) is 0.300. The molecule has 0 bridgehead atoms. The van der Waals surface area contributed by atoms with Gasteiger partial charge in [-0.15, -0.1) is 0 Å². The Balaban J connectivity index is 2.91. The molecule has 1 atom stereocenters. The lowest BCUT2D eigenvalue weighted by Crippen LogP contribution is -2.32. The van der Waals surface area contributed by atoms with Crippen LogP contribution in [0.3, 0.4) is 0 Å². The number of benzene rings is 1. The number of hydrogen-bond donors (Lipinski definition) is 1. The molecule has 0 unspecified atom stereocenters. The fourth-order valence-corrected chi connectivity index (χ4v) is 1.09. The highest BCUT2D eigenvalue weighted by Gasteiger charge is 2.19. The molecule has 62 valence electrons. The van der Waals surface area contributed by atoms with Crippen molar-refractivity contribution in [3.63, 3.8) is 0 Å². The third-order valence-corrected chi connectivity index (χ3v) is 1.88. The molecule has 1 aromatic carbocycles. The maximum atomic E-state index is 8.53. The van der Waals surface area contributed by atoms with Crippen LogP contribution in [0.25, 0.3) is 0 Å². The van der Waals surface area contributed by atoms with Gasteiger partial charge in [0.05, 0.1) is 18.0 Å². The van der Waals surface area contributed by atoms with Crippen molar-refractivity contribution in [2.45, 2.75) is 18.9 Å². The molecule has 0 radical (unpaired) electrons. The predicted molar refractivity (Wildman–Crippen MR) is 48.2 cm³/mol. The zero-order chi connectivity index (χ0) is 9.03. The van der Waals surface area contributed by atoms with Crippen LogP contribution in [0.1, 0.15) is 18.9 Å². The van der Waals surface area contributed by atoms with Gasteiger partial charge in [-0.3, -0.25) is 0 Å². The summed E-state index contributed by atoms with van der Waals surface area (Å²) in [5, 5.41) is 8.53. The average molecular weight is 160 g/mol. The molecule has 2 heteroatoms. The second kappa shape index (κ2) is 3.38. The molecule has 1 aromatic rings. The van der Waals surface area contributed by atoms with Gasteiger partial charge in [0.2, 0.25) is 0 Å². The largest absolute Gasteiger partial charge is 0.321 e. The molecular formula is C10H12N2. The lowest BCUT2D eigenvalue weighted by Gasteiger charge is -2.21. The molecule has 0 saturated heterocycles. The van der Waals surface area contributed by atoms with Crippen LogP contribution >= 0.6 is 0 Å². The number of nitrogens with zero attached hydrogens (tertiary/aromatic N) is 1. The summed E-state index contributed by atoms with van der Waals surface area (Å²) >= 11 is 0. The van der Waals surface area contributed by atoms with E-state index in [1.54, 1.807) is 0 Å². The highest BCUT2D eigenvalue weighted by atomic mass is 14.7. The summed E-state index contributed by atoms with van der Waals surface area (Å²) in [6.07, 6.45) is 0.344. The molecule has 1 rings (SSSR count). The smallest absolute Gasteiger partial charge is 0.0644 e. The Kier molecular flexibility index (Phi) is 2.47. The van der Waals surface area contributed by atoms with E-state index in [-0.39, 0.29) is 0 Å². The van der Waals surface area contributed by atoms with Gasteiger partial charge in [-0.2, -0.15) is 5.26 Å². The minimum atomic E-state index is -0.518. The Labute approximate surface area is 72.6 Å². The maximum Gasteiger partial charge on any atom is 0.0644 e. The van der Waals surface area contributed by atoms with Crippen LogP contribution < -0.4 is 5.73 Å². The van der Waals surface area contributed by atoms with Gasteiger partial charge >= 0.3 is 0 Å². The zero-order valence-electron chi connectivity index (χ0n) is 7.12. The highest BCUT2D eigenvalue weighted by molar-refractivity contribution is 5.23. The summed E-state index contributed by atoms with van der Waals surface area (Å²) < 4.78 is 0. The maximum absolute atomic E-state index is 8.53. The molecule has 0 aromatic heterocycles. The Bertz CT molecular complexity index is 282. The first-order valence-corrected chi connectivity index (χ1v) is 3.88. The standard InChI is InChI=1S/C10H12N2/c1-10(12,7-8-11)9-5-3-2-4-6-9/h2-6H,7,12H2,1H3/t10-/m0/s1. The molecule has 0 saturated carbocycles. The van der Waals surface area contributed by atoms with E-state index in [1.165, 1.54) is 0 Å². The fourth-order valence-electron chi connectivity index (χ4n) is 1.09. The zero-order valence-corrected chi connectivity index (χ0v) is 7.12. The highest BCUT2D eigenvalue weighted by Crippen LogP contribution is 2.19. The Morgan fingerprint density at radius 3 is 2.50 bits per heavy atom. The van der Waals surface area contributed by atoms with Crippen molar-refractivity contribution >= 4 is 0 Å². The van der Waals surface area contributed by atoms with Crippen LogP contribution in [0.2, 0.25) is 0 Å². The monoisotopic (exact) mass is 160 g/mol. The van der Waals surface area contributed by atoms with Crippen LogP contribution in [0.5, 0.6) is 0 Å². The molecular weight excluding hydrogens is 148 g/mol. The van der Waals surface area contributed by atoms with Crippen LogP contribution in [0.15, 0.2) is 30.3 Å². The number of nitriles is 1. The molecule has 0 heterocycles. The van der Waals surface area contributed by atoms with Gasteiger partial charge < -0.3 is 5.73 Å². The van der Waals surface area contributed by atoms with Crippen molar-refractivity contribution in [2.75, 3.05) is 0 Å². The average Bonchev–Trinajstić information content (AvgIpc) is 2.06. The quantitative estimate of drug-likeness (QED) is 0.716. The van der Waals surface area contributed by atoms with Crippen LogP contribution in [-0.4, -0.2) is 0 Å². The third kappa shape index (κ3) is 1.84. The first-order chi connectivity index (χ1) is 5.67. The summed E-state index contributed by atoms with van der Waals surface area (Å²) in [5.74, 6) is 0. The van der Waals surface area contributed by atoms with Gasteiger partial charge in [0.25, 0.3) is 0 Å². The van der Waals surface area contributed by atoms with Gasteiger partial charge in [-0.1, -0.05) is 30.3 Å². The van der Waals surface area contributed by atoms with Crippen LogP contribution in [0.4, 0.5) is 0 Å². The molecule has 0 spiro atoms. The number of rotatable bonds is 2. The minimum absolute atomic E-state index is 0.344. The van der Waals surface area contributed by atoms with Gasteiger partial charge in [-0.05, 0) is 12.5 Å². The number of nitrogens with two attached hydrogens (primary N) is 1. The minimum Gasteiger partial charge on any atom is -0.321 e. The summed E-state index contributed by atoms with van der Waals surface area (Å²) in [4.78, 5) is 0. The molecule has 0 aliphatic rings. The van der Waals surface area contributed by atoms with Gasteiger partial charge in [0.15, 0.2) is 0 Å². The first kappa shape index (κ1) is 8.76. The molecule has 2 N–H and O–H groups in total. The van der Waals surface area contributed by atoms with Gasteiger partial charge in [0, 0.05) is 0 Å². The Morgan fingerprint density at radius 2 is 2.00 bits per heavy atom. The lowest BCUT2D eigenvalue weighted by molar-refractivity contribution is 0.507. The Morgan fingerprint density at radius 1 is 1.42 bits per heavy atom. The summed E-state index contributed by atoms with van der Waals surface area (Å²) in [6.45, 7) is 1.87. The molecule has 2 nitrogen and oxygen atoms in total. The second-order valence-electron chi connectivity index (χ2n) is 3.12. The van der Waals surface area contributed by atoms with Crippen molar-refractivity contribution in [2.24, 2.45) is 5.73 Å². The van der Waals surface area contributed by atoms with Gasteiger partial charge in [-0.25, -0.2) is 0 Å².